The minimum atomic E-state index is 0.184. The molecular weight excluding hydrogens is 288 g/mol. The molecule has 0 saturated heterocycles. The molecule has 0 spiro atoms. The molecule has 23 heavy (non-hydrogen) atoms. The van der Waals surface area contributed by atoms with Crippen molar-refractivity contribution in [1.82, 2.24) is 20.1 Å². The first-order valence-corrected chi connectivity index (χ1v) is 8.43. The van der Waals surface area contributed by atoms with Gasteiger partial charge in [-0.25, -0.2) is 4.98 Å². The number of para-hydroxylation sites is 1. The predicted octanol–water partition coefficient (Wildman–Crippen LogP) is 2.78. The summed E-state index contributed by atoms with van der Waals surface area (Å²) >= 11 is 0. The highest BCUT2D eigenvalue weighted by Gasteiger charge is 2.37. The number of hydrogen-bond acceptors (Lipinski definition) is 4. The van der Waals surface area contributed by atoms with Crippen molar-refractivity contribution in [3.8, 4) is 5.75 Å². The van der Waals surface area contributed by atoms with E-state index >= 15 is 0 Å². The Morgan fingerprint density at radius 1 is 1.30 bits per heavy atom. The number of hydrogen-bond donors (Lipinski definition) is 1. The van der Waals surface area contributed by atoms with Gasteiger partial charge in [-0.1, -0.05) is 31.0 Å². The minimum Gasteiger partial charge on any atom is -0.496 e. The number of nitrogens with zero attached hydrogens (tertiary/aromatic N) is 3. The lowest BCUT2D eigenvalue weighted by atomic mass is 9.78. The van der Waals surface area contributed by atoms with E-state index in [4.69, 9.17) is 4.74 Å². The Bertz CT molecular complexity index is 605. The van der Waals surface area contributed by atoms with E-state index in [-0.39, 0.29) is 5.41 Å². The van der Waals surface area contributed by atoms with E-state index in [1.165, 1.54) is 31.2 Å². The molecule has 5 heteroatoms. The summed E-state index contributed by atoms with van der Waals surface area (Å²) in [6.07, 6.45) is 8.37. The van der Waals surface area contributed by atoms with Gasteiger partial charge in [-0.3, -0.25) is 4.68 Å². The van der Waals surface area contributed by atoms with Gasteiger partial charge in [0.1, 0.15) is 18.4 Å². The van der Waals surface area contributed by atoms with Gasteiger partial charge in [0, 0.05) is 23.6 Å². The van der Waals surface area contributed by atoms with Crippen LogP contribution in [0.25, 0.3) is 0 Å². The molecule has 0 aliphatic heterocycles. The Morgan fingerprint density at radius 2 is 2.09 bits per heavy atom. The van der Waals surface area contributed by atoms with Crippen LogP contribution in [-0.2, 0) is 12.0 Å². The van der Waals surface area contributed by atoms with E-state index in [1.54, 1.807) is 19.8 Å². The van der Waals surface area contributed by atoms with Crippen LogP contribution in [0.15, 0.2) is 36.9 Å². The highest BCUT2D eigenvalue weighted by molar-refractivity contribution is 5.40. The number of nitrogens with one attached hydrogen (secondary N) is 1. The number of benzene rings is 1. The SMILES string of the molecule is COc1ccccc1C1(CN[C@@H](C)Cn2cncn2)CCCC1. The van der Waals surface area contributed by atoms with Crippen LogP contribution in [0.5, 0.6) is 5.75 Å². The summed E-state index contributed by atoms with van der Waals surface area (Å²) in [5.41, 5.74) is 1.53. The van der Waals surface area contributed by atoms with Gasteiger partial charge in [0.2, 0.25) is 0 Å². The van der Waals surface area contributed by atoms with Gasteiger partial charge < -0.3 is 10.1 Å². The van der Waals surface area contributed by atoms with Crippen LogP contribution in [-0.4, -0.2) is 34.5 Å². The van der Waals surface area contributed by atoms with E-state index < -0.39 is 0 Å². The topological polar surface area (TPSA) is 52.0 Å². The minimum absolute atomic E-state index is 0.184. The van der Waals surface area contributed by atoms with Gasteiger partial charge in [0.15, 0.2) is 0 Å². The lowest BCUT2D eigenvalue weighted by Gasteiger charge is -2.32. The molecule has 0 radical (unpaired) electrons. The quantitative estimate of drug-likeness (QED) is 0.854. The van der Waals surface area contributed by atoms with Crippen molar-refractivity contribution >= 4 is 0 Å². The molecule has 1 fully saturated rings. The fourth-order valence-electron chi connectivity index (χ4n) is 3.72. The van der Waals surface area contributed by atoms with Crippen LogP contribution >= 0.6 is 0 Å². The molecule has 1 aliphatic carbocycles. The second-order valence-corrected chi connectivity index (χ2v) is 6.59. The molecule has 0 bridgehead atoms. The Labute approximate surface area is 138 Å². The first-order valence-electron chi connectivity index (χ1n) is 8.43. The van der Waals surface area contributed by atoms with Crippen LogP contribution in [0.2, 0.25) is 0 Å². The molecule has 1 heterocycles. The molecule has 0 unspecified atom stereocenters. The molecule has 2 aromatic rings. The smallest absolute Gasteiger partial charge is 0.137 e. The maximum absolute atomic E-state index is 5.62. The Balaban J connectivity index is 1.71. The summed E-state index contributed by atoms with van der Waals surface area (Å²) < 4.78 is 7.50. The Kier molecular flexibility index (Phi) is 4.96. The van der Waals surface area contributed by atoms with Gasteiger partial charge in [-0.15, -0.1) is 0 Å². The van der Waals surface area contributed by atoms with Crippen molar-refractivity contribution < 1.29 is 4.74 Å². The summed E-state index contributed by atoms with van der Waals surface area (Å²) in [6, 6.07) is 8.83. The average Bonchev–Trinajstić information content (AvgIpc) is 3.25. The van der Waals surface area contributed by atoms with Gasteiger partial charge in [-0.2, -0.15) is 5.10 Å². The first-order chi connectivity index (χ1) is 11.2. The number of methoxy groups -OCH3 is 1. The average molecular weight is 314 g/mol. The second kappa shape index (κ2) is 7.13. The van der Waals surface area contributed by atoms with E-state index in [0.717, 1.165) is 18.8 Å². The van der Waals surface area contributed by atoms with Gasteiger partial charge in [-0.05, 0) is 25.8 Å². The number of rotatable bonds is 7. The van der Waals surface area contributed by atoms with Crippen molar-refractivity contribution in [3.05, 3.63) is 42.5 Å². The fraction of sp³-hybridized carbons (Fsp3) is 0.556. The molecule has 1 saturated carbocycles. The van der Waals surface area contributed by atoms with Crippen LogP contribution in [0.3, 0.4) is 0 Å². The van der Waals surface area contributed by atoms with Crippen LogP contribution in [0.4, 0.5) is 0 Å². The maximum Gasteiger partial charge on any atom is 0.137 e. The standard InChI is InChI=1S/C18H26N4O/c1-15(11-22-14-19-13-21-22)20-12-18(9-5-6-10-18)16-7-3-4-8-17(16)23-2/h3-4,7-8,13-15,20H,5-6,9-12H2,1-2H3/t15-/m0/s1. The fourth-order valence-corrected chi connectivity index (χ4v) is 3.72. The first kappa shape index (κ1) is 16.0. The highest BCUT2D eigenvalue weighted by Crippen LogP contribution is 2.44. The number of aromatic nitrogens is 3. The van der Waals surface area contributed by atoms with Gasteiger partial charge in [0.25, 0.3) is 0 Å². The molecule has 124 valence electrons. The van der Waals surface area contributed by atoms with E-state index in [9.17, 15) is 0 Å². The summed E-state index contributed by atoms with van der Waals surface area (Å²) in [5.74, 6) is 1.01. The zero-order valence-electron chi connectivity index (χ0n) is 14.0. The van der Waals surface area contributed by atoms with E-state index in [1.807, 2.05) is 10.7 Å². The van der Waals surface area contributed by atoms with Crippen molar-refractivity contribution in [2.45, 2.75) is 50.6 Å². The van der Waals surface area contributed by atoms with Gasteiger partial charge in [0.05, 0.1) is 13.7 Å². The second-order valence-electron chi connectivity index (χ2n) is 6.59. The molecule has 0 amide bonds. The largest absolute Gasteiger partial charge is 0.496 e. The monoisotopic (exact) mass is 314 g/mol. The summed E-state index contributed by atoms with van der Waals surface area (Å²) in [6.45, 7) is 4.01. The summed E-state index contributed by atoms with van der Waals surface area (Å²) in [5, 5.41) is 7.89. The maximum atomic E-state index is 5.62. The summed E-state index contributed by atoms with van der Waals surface area (Å²) in [7, 11) is 1.77. The predicted molar refractivity (Wildman–Crippen MR) is 90.6 cm³/mol. The zero-order valence-corrected chi connectivity index (χ0v) is 14.0. The molecule has 1 N–H and O–H groups in total. The molecule has 5 nitrogen and oxygen atoms in total. The number of ether oxygens (including phenoxy) is 1. The van der Waals surface area contributed by atoms with Crippen molar-refractivity contribution in [2.75, 3.05) is 13.7 Å². The Hall–Kier alpha value is -1.88. The molecule has 1 atom stereocenters. The molecule has 1 aliphatic rings. The van der Waals surface area contributed by atoms with E-state index in [2.05, 4.69) is 40.5 Å². The third-order valence-corrected chi connectivity index (χ3v) is 4.96. The molecule has 3 rings (SSSR count). The van der Waals surface area contributed by atoms with Crippen molar-refractivity contribution in [1.29, 1.82) is 0 Å². The van der Waals surface area contributed by atoms with Crippen molar-refractivity contribution in [2.24, 2.45) is 0 Å². The van der Waals surface area contributed by atoms with Gasteiger partial charge >= 0.3 is 0 Å². The molecular formula is C18H26N4O. The third kappa shape index (κ3) is 3.55. The van der Waals surface area contributed by atoms with Crippen LogP contribution in [0, 0.1) is 0 Å². The highest BCUT2D eigenvalue weighted by atomic mass is 16.5. The zero-order chi connectivity index (χ0) is 16.1. The lowest BCUT2D eigenvalue weighted by Crippen LogP contribution is -2.41. The lowest BCUT2D eigenvalue weighted by molar-refractivity contribution is 0.338. The molecule has 1 aromatic carbocycles. The normalized spacial score (nSPS) is 18.0. The van der Waals surface area contributed by atoms with Crippen LogP contribution < -0.4 is 10.1 Å². The van der Waals surface area contributed by atoms with E-state index in [0.29, 0.717) is 6.04 Å². The van der Waals surface area contributed by atoms with Crippen LogP contribution in [0.1, 0.15) is 38.2 Å². The summed E-state index contributed by atoms with van der Waals surface area (Å²) in [4.78, 5) is 4.00. The molecule has 1 aromatic heterocycles. The Morgan fingerprint density at radius 3 is 2.78 bits per heavy atom. The third-order valence-electron chi connectivity index (χ3n) is 4.96. The van der Waals surface area contributed by atoms with Crippen molar-refractivity contribution in [3.63, 3.8) is 0 Å².